The van der Waals surface area contributed by atoms with Gasteiger partial charge in [-0.15, -0.1) is 0 Å². The summed E-state index contributed by atoms with van der Waals surface area (Å²) in [6.07, 6.45) is 0.780. The van der Waals surface area contributed by atoms with Gasteiger partial charge in [-0.2, -0.15) is 8.78 Å². The minimum absolute atomic E-state index is 0.0648. The van der Waals surface area contributed by atoms with Crippen molar-refractivity contribution in [3.63, 3.8) is 0 Å². The summed E-state index contributed by atoms with van der Waals surface area (Å²) in [6.45, 7) is -0.969. The van der Waals surface area contributed by atoms with Gasteiger partial charge in [-0.3, -0.25) is 4.79 Å². The molecule has 0 heterocycles. The fourth-order valence-corrected chi connectivity index (χ4v) is 1.79. The lowest BCUT2D eigenvalue weighted by Crippen LogP contribution is -2.11. The molecule has 0 aliphatic rings. The summed E-state index contributed by atoms with van der Waals surface area (Å²) < 4.78 is 28.9. The fourth-order valence-electron chi connectivity index (χ4n) is 1.59. The van der Waals surface area contributed by atoms with Crippen LogP contribution >= 0.6 is 15.9 Å². The second-order valence-corrected chi connectivity index (χ2v) is 4.04. The van der Waals surface area contributed by atoms with Crippen LogP contribution in [0, 0.1) is 0 Å². The van der Waals surface area contributed by atoms with Gasteiger partial charge in [-0.05, 0) is 18.1 Å². The lowest BCUT2D eigenvalue weighted by molar-refractivity contribution is -0.116. The number of halogens is 3. The Balaban J connectivity index is 3.06. The molecule has 0 atom stereocenters. The fraction of sp³-hybridized carbons (Fsp3) is 0.417. The summed E-state index contributed by atoms with van der Waals surface area (Å²) in [5.74, 6) is 0.0265. The number of hydrogen-bond donors (Lipinski definition) is 0. The number of benzene rings is 1. The van der Waals surface area contributed by atoms with Gasteiger partial charge in [0.15, 0.2) is 0 Å². The number of carbonyl (C=O) groups excluding carboxylic acids is 1. The van der Waals surface area contributed by atoms with E-state index in [4.69, 9.17) is 0 Å². The minimum Gasteiger partial charge on any atom is -0.435 e. The average molecular weight is 307 g/mol. The highest BCUT2D eigenvalue weighted by molar-refractivity contribution is 9.09. The maximum absolute atomic E-state index is 12.2. The first kappa shape index (κ1) is 14.1. The molecule has 2 nitrogen and oxygen atoms in total. The van der Waals surface area contributed by atoms with Gasteiger partial charge in [0.2, 0.25) is 0 Å². The third-order valence-corrected chi connectivity index (χ3v) is 2.98. The molecule has 0 aromatic heterocycles. The Hall–Kier alpha value is -0.970. The van der Waals surface area contributed by atoms with Gasteiger partial charge in [0.05, 0.1) is 5.33 Å². The molecule has 0 aliphatic heterocycles. The molecule has 0 fully saturated rings. The van der Waals surface area contributed by atoms with Crippen molar-refractivity contribution in [2.45, 2.75) is 26.4 Å². The smallest absolute Gasteiger partial charge is 0.387 e. The number of hydrogen-bond acceptors (Lipinski definition) is 2. The Kier molecular flexibility index (Phi) is 5.55. The van der Waals surface area contributed by atoms with Crippen LogP contribution in [0.4, 0.5) is 8.78 Å². The minimum atomic E-state index is -2.88. The van der Waals surface area contributed by atoms with Crippen molar-refractivity contribution < 1.29 is 18.3 Å². The highest BCUT2D eigenvalue weighted by atomic mass is 79.9. The van der Waals surface area contributed by atoms with E-state index in [9.17, 15) is 13.6 Å². The van der Waals surface area contributed by atoms with Crippen LogP contribution in [0.25, 0.3) is 0 Å². The molecule has 0 bridgehead atoms. The number of ketones is 1. The first-order valence-electron chi connectivity index (χ1n) is 5.21. The largest absolute Gasteiger partial charge is 0.435 e. The van der Waals surface area contributed by atoms with E-state index in [0.29, 0.717) is 12.0 Å². The molecule has 0 aliphatic carbocycles. The van der Waals surface area contributed by atoms with E-state index in [2.05, 4.69) is 20.7 Å². The summed E-state index contributed by atoms with van der Waals surface area (Å²) in [6, 6.07) is 4.93. The van der Waals surface area contributed by atoms with Crippen LogP contribution < -0.4 is 4.74 Å². The molecule has 0 N–H and O–H groups in total. The van der Waals surface area contributed by atoms with Crippen molar-refractivity contribution in [3.8, 4) is 5.75 Å². The molecule has 0 amide bonds. The molecule has 1 rings (SSSR count). The molecule has 0 saturated carbocycles. The summed E-state index contributed by atoms with van der Waals surface area (Å²) in [5, 5.41) is 0.208. The van der Waals surface area contributed by atoms with Gasteiger partial charge in [-0.25, -0.2) is 0 Å². The van der Waals surface area contributed by atoms with Gasteiger partial charge in [0.1, 0.15) is 11.5 Å². The van der Waals surface area contributed by atoms with Crippen molar-refractivity contribution in [1.82, 2.24) is 0 Å². The van der Waals surface area contributed by atoms with Gasteiger partial charge in [0, 0.05) is 12.0 Å². The lowest BCUT2D eigenvalue weighted by Gasteiger charge is -2.13. The SMILES string of the molecule is CCc1cccc(OC(F)F)c1CC(=O)CBr. The summed E-state index contributed by atoms with van der Waals surface area (Å²) >= 11 is 3.06. The highest BCUT2D eigenvalue weighted by Gasteiger charge is 2.15. The zero-order chi connectivity index (χ0) is 12.8. The van der Waals surface area contributed by atoms with Crippen LogP contribution in [-0.2, 0) is 17.6 Å². The molecular weight excluding hydrogens is 294 g/mol. The first-order chi connectivity index (χ1) is 8.08. The molecule has 0 saturated heterocycles. The van der Waals surface area contributed by atoms with E-state index in [1.54, 1.807) is 6.07 Å². The Labute approximate surface area is 107 Å². The molecule has 1 aromatic rings. The number of alkyl halides is 3. The highest BCUT2D eigenvalue weighted by Crippen LogP contribution is 2.25. The molecule has 94 valence electrons. The Morgan fingerprint density at radius 2 is 2.18 bits per heavy atom. The third-order valence-electron chi connectivity index (χ3n) is 2.35. The molecule has 5 heteroatoms. The zero-order valence-corrected chi connectivity index (χ0v) is 11.0. The van der Waals surface area contributed by atoms with E-state index in [1.807, 2.05) is 13.0 Å². The summed E-state index contributed by atoms with van der Waals surface area (Å²) in [5.41, 5.74) is 1.41. The quantitative estimate of drug-likeness (QED) is 0.753. The van der Waals surface area contributed by atoms with Gasteiger partial charge in [0.25, 0.3) is 0 Å². The summed E-state index contributed by atoms with van der Waals surface area (Å²) in [4.78, 5) is 11.4. The molecule has 1 aromatic carbocycles. The van der Waals surface area contributed by atoms with Crippen LogP contribution in [0.3, 0.4) is 0 Å². The average Bonchev–Trinajstić information content (AvgIpc) is 2.30. The van der Waals surface area contributed by atoms with E-state index >= 15 is 0 Å². The van der Waals surface area contributed by atoms with Gasteiger partial charge >= 0.3 is 6.61 Å². The number of carbonyl (C=O) groups is 1. The van der Waals surface area contributed by atoms with Crippen LogP contribution in [0.2, 0.25) is 0 Å². The maximum atomic E-state index is 12.2. The van der Waals surface area contributed by atoms with E-state index in [-0.39, 0.29) is 23.3 Å². The van der Waals surface area contributed by atoms with Crippen LogP contribution in [0.15, 0.2) is 18.2 Å². The summed E-state index contributed by atoms with van der Waals surface area (Å²) in [7, 11) is 0. The Bertz CT molecular complexity index is 394. The van der Waals surface area contributed by atoms with Crippen molar-refractivity contribution in [2.24, 2.45) is 0 Å². The number of aryl methyl sites for hydroxylation is 1. The first-order valence-corrected chi connectivity index (χ1v) is 6.33. The van der Waals surface area contributed by atoms with Crippen LogP contribution in [-0.4, -0.2) is 17.7 Å². The predicted molar refractivity (Wildman–Crippen MR) is 65.0 cm³/mol. The monoisotopic (exact) mass is 306 g/mol. The number of Topliss-reactive ketones (excluding diaryl/α,β-unsaturated/α-hetero) is 1. The zero-order valence-electron chi connectivity index (χ0n) is 9.38. The second-order valence-electron chi connectivity index (χ2n) is 3.47. The Morgan fingerprint density at radius 1 is 1.47 bits per heavy atom. The van der Waals surface area contributed by atoms with Crippen molar-refractivity contribution in [3.05, 3.63) is 29.3 Å². The second kappa shape index (κ2) is 6.69. The third kappa shape index (κ3) is 4.07. The molecule has 0 radical (unpaired) electrons. The van der Waals surface area contributed by atoms with E-state index in [1.165, 1.54) is 6.07 Å². The van der Waals surface area contributed by atoms with Gasteiger partial charge in [-0.1, -0.05) is 35.0 Å². The molecule has 0 spiro atoms. The maximum Gasteiger partial charge on any atom is 0.387 e. The van der Waals surface area contributed by atoms with Crippen LogP contribution in [0.5, 0.6) is 5.75 Å². The van der Waals surface area contributed by atoms with E-state index in [0.717, 1.165) is 5.56 Å². The lowest BCUT2D eigenvalue weighted by atomic mass is 10.00. The van der Waals surface area contributed by atoms with Crippen LogP contribution in [0.1, 0.15) is 18.1 Å². The molecule has 0 unspecified atom stereocenters. The number of ether oxygens (including phenoxy) is 1. The van der Waals surface area contributed by atoms with Crippen molar-refractivity contribution >= 4 is 21.7 Å². The topological polar surface area (TPSA) is 26.3 Å². The molecule has 17 heavy (non-hydrogen) atoms. The normalized spacial score (nSPS) is 10.6. The van der Waals surface area contributed by atoms with E-state index < -0.39 is 6.61 Å². The van der Waals surface area contributed by atoms with Crippen molar-refractivity contribution in [2.75, 3.05) is 5.33 Å². The van der Waals surface area contributed by atoms with Gasteiger partial charge < -0.3 is 4.74 Å². The number of rotatable bonds is 6. The predicted octanol–water partition coefficient (Wildman–Crippen LogP) is 3.36. The Morgan fingerprint density at radius 3 is 2.71 bits per heavy atom. The molecular formula is C12H13BrF2O2. The standard InChI is InChI=1S/C12H13BrF2O2/c1-2-8-4-3-5-11(17-12(14)15)10(8)6-9(16)7-13/h3-5,12H,2,6-7H2,1H3. The van der Waals surface area contributed by atoms with Crippen molar-refractivity contribution in [1.29, 1.82) is 0 Å².